The second-order valence-corrected chi connectivity index (χ2v) is 4.11. The minimum absolute atomic E-state index is 0.148. The second-order valence-electron chi connectivity index (χ2n) is 4.11. The first-order valence-electron chi connectivity index (χ1n) is 5.80. The molecule has 1 atom stereocenters. The number of amides is 1. The normalized spacial score (nSPS) is 21.1. The molecular weight excluding hydrogens is 176 g/mol. The van der Waals surface area contributed by atoms with Crippen molar-refractivity contribution >= 4 is 5.91 Å². The predicted octanol–water partition coefficient (Wildman–Crippen LogP) is 1.52. The maximum atomic E-state index is 11.8. The van der Waals surface area contributed by atoms with Crippen molar-refractivity contribution in [1.82, 2.24) is 4.90 Å². The molecule has 0 radical (unpaired) electrons. The Labute approximate surface area is 86.6 Å². The van der Waals surface area contributed by atoms with Gasteiger partial charge in [0.2, 0.25) is 5.91 Å². The minimum Gasteiger partial charge on any atom is -0.341 e. The first-order valence-corrected chi connectivity index (χ1v) is 5.80. The van der Waals surface area contributed by atoms with E-state index in [1.165, 1.54) is 19.3 Å². The number of likely N-dealkylation sites (tertiary alicyclic amines) is 1. The SMILES string of the molecule is CCC(N)C(=O)N1CCCCCCC1. The lowest BCUT2D eigenvalue weighted by Gasteiger charge is -2.27. The highest BCUT2D eigenvalue weighted by molar-refractivity contribution is 5.81. The van der Waals surface area contributed by atoms with Gasteiger partial charge in [0.05, 0.1) is 6.04 Å². The summed E-state index contributed by atoms with van der Waals surface area (Å²) < 4.78 is 0. The number of rotatable bonds is 2. The summed E-state index contributed by atoms with van der Waals surface area (Å²) in [6.45, 7) is 3.78. The molecule has 3 nitrogen and oxygen atoms in total. The molecule has 1 unspecified atom stereocenters. The molecule has 1 heterocycles. The van der Waals surface area contributed by atoms with Gasteiger partial charge in [-0.15, -0.1) is 0 Å². The highest BCUT2D eigenvalue weighted by Gasteiger charge is 2.19. The van der Waals surface area contributed by atoms with Crippen molar-refractivity contribution in [3.63, 3.8) is 0 Å². The molecule has 1 fully saturated rings. The molecule has 2 N–H and O–H groups in total. The van der Waals surface area contributed by atoms with Crippen molar-refractivity contribution < 1.29 is 4.79 Å². The first kappa shape index (κ1) is 11.5. The number of carbonyl (C=O) groups excluding carboxylic acids is 1. The molecule has 82 valence electrons. The van der Waals surface area contributed by atoms with Gasteiger partial charge in [-0.05, 0) is 19.3 Å². The molecule has 1 aliphatic heterocycles. The van der Waals surface area contributed by atoms with E-state index in [1.807, 2.05) is 11.8 Å². The minimum atomic E-state index is -0.283. The molecule has 0 aromatic rings. The van der Waals surface area contributed by atoms with Crippen molar-refractivity contribution in [2.24, 2.45) is 5.73 Å². The molecule has 0 aliphatic carbocycles. The Balaban J connectivity index is 2.42. The fraction of sp³-hybridized carbons (Fsp3) is 0.909. The standard InChI is InChI=1S/C11H22N2O/c1-2-10(12)11(14)13-8-6-4-3-5-7-9-13/h10H,2-9,12H2,1H3. The molecule has 0 aromatic heterocycles. The van der Waals surface area contributed by atoms with Crippen LogP contribution in [0.1, 0.15) is 45.4 Å². The molecule has 1 saturated heterocycles. The summed E-state index contributed by atoms with van der Waals surface area (Å²) in [7, 11) is 0. The molecule has 0 spiro atoms. The van der Waals surface area contributed by atoms with E-state index in [9.17, 15) is 4.79 Å². The molecular formula is C11H22N2O. The molecule has 1 aliphatic rings. The van der Waals surface area contributed by atoms with E-state index in [4.69, 9.17) is 5.73 Å². The summed E-state index contributed by atoms with van der Waals surface area (Å²) in [5, 5.41) is 0. The Morgan fingerprint density at radius 3 is 2.21 bits per heavy atom. The molecule has 0 saturated carbocycles. The van der Waals surface area contributed by atoms with Crippen LogP contribution >= 0.6 is 0 Å². The van der Waals surface area contributed by atoms with Crippen molar-refractivity contribution in [3.05, 3.63) is 0 Å². The van der Waals surface area contributed by atoms with Crippen LogP contribution in [0.4, 0.5) is 0 Å². The largest absolute Gasteiger partial charge is 0.341 e. The molecule has 0 bridgehead atoms. The van der Waals surface area contributed by atoms with Crippen molar-refractivity contribution in [2.45, 2.75) is 51.5 Å². The fourth-order valence-electron chi connectivity index (χ4n) is 1.88. The topological polar surface area (TPSA) is 46.3 Å². The van der Waals surface area contributed by atoms with Gasteiger partial charge in [0.1, 0.15) is 0 Å². The van der Waals surface area contributed by atoms with E-state index in [1.54, 1.807) is 0 Å². The van der Waals surface area contributed by atoms with Gasteiger partial charge in [-0.25, -0.2) is 0 Å². The van der Waals surface area contributed by atoms with Gasteiger partial charge in [-0.3, -0.25) is 4.79 Å². The van der Waals surface area contributed by atoms with Crippen LogP contribution in [0.2, 0.25) is 0 Å². The molecule has 3 heteroatoms. The zero-order chi connectivity index (χ0) is 10.4. The van der Waals surface area contributed by atoms with Crippen LogP contribution in [-0.2, 0) is 4.79 Å². The van der Waals surface area contributed by atoms with Crippen molar-refractivity contribution in [1.29, 1.82) is 0 Å². The van der Waals surface area contributed by atoms with Crippen molar-refractivity contribution in [2.75, 3.05) is 13.1 Å². The summed E-state index contributed by atoms with van der Waals surface area (Å²) in [5.41, 5.74) is 5.75. The quantitative estimate of drug-likeness (QED) is 0.731. The highest BCUT2D eigenvalue weighted by Crippen LogP contribution is 2.11. The average Bonchev–Trinajstić information content (AvgIpc) is 2.15. The summed E-state index contributed by atoms with van der Waals surface area (Å²) in [6.07, 6.45) is 6.86. The second kappa shape index (κ2) is 6.02. The van der Waals surface area contributed by atoms with Gasteiger partial charge >= 0.3 is 0 Å². The number of hydrogen-bond acceptors (Lipinski definition) is 2. The van der Waals surface area contributed by atoms with Gasteiger partial charge in [0.15, 0.2) is 0 Å². The van der Waals surface area contributed by atoms with Gasteiger partial charge in [-0.2, -0.15) is 0 Å². The smallest absolute Gasteiger partial charge is 0.239 e. The third-order valence-corrected chi connectivity index (χ3v) is 2.92. The lowest BCUT2D eigenvalue weighted by atomic mass is 10.1. The Morgan fingerprint density at radius 2 is 1.71 bits per heavy atom. The lowest BCUT2D eigenvalue weighted by Crippen LogP contribution is -2.44. The van der Waals surface area contributed by atoms with E-state index in [0.717, 1.165) is 32.4 Å². The zero-order valence-electron chi connectivity index (χ0n) is 9.17. The average molecular weight is 198 g/mol. The Morgan fingerprint density at radius 1 is 1.21 bits per heavy atom. The van der Waals surface area contributed by atoms with Crippen LogP contribution in [0.25, 0.3) is 0 Å². The monoisotopic (exact) mass is 198 g/mol. The van der Waals surface area contributed by atoms with Crippen LogP contribution in [0.3, 0.4) is 0 Å². The Kier molecular flexibility index (Phi) is 4.94. The fourth-order valence-corrected chi connectivity index (χ4v) is 1.88. The van der Waals surface area contributed by atoms with Crippen LogP contribution in [-0.4, -0.2) is 29.9 Å². The van der Waals surface area contributed by atoms with Crippen LogP contribution < -0.4 is 5.73 Å². The number of carbonyl (C=O) groups is 1. The first-order chi connectivity index (χ1) is 6.75. The highest BCUT2D eigenvalue weighted by atomic mass is 16.2. The molecule has 0 aromatic carbocycles. The van der Waals surface area contributed by atoms with Crippen LogP contribution in [0.5, 0.6) is 0 Å². The number of nitrogens with two attached hydrogens (primary N) is 1. The summed E-state index contributed by atoms with van der Waals surface area (Å²) >= 11 is 0. The Bertz CT molecular complexity index is 174. The van der Waals surface area contributed by atoms with E-state index >= 15 is 0 Å². The van der Waals surface area contributed by atoms with Gasteiger partial charge in [0, 0.05) is 13.1 Å². The molecule has 14 heavy (non-hydrogen) atoms. The summed E-state index contributed by atoms with van der Waals surface area (Å²) in [6, 6.07) is -0.283. The van der Waals surface area contributed by atoms with Gasteiger partial charge in [-0.1, -0.05) is 26.2 Å². The van der Waals surface area contributed by atoms with Crippen molar-refractivity contribution in [3.8, 4) is 0 Å². The third-order valence-electron chi connectivity index (χ3n) is 2.92. The number of nitrogens with zero attached hydrogens (tertiary/aromatic N) is 1. The summed E-state index contributed by atoms with van der Waals surface area (Å²) in [4.78, 5) is 13.7. The maximum Gasteiger partial charge on any atom is 0.239 e. The van der Waals surface area contributed by atoms with Crippen LogP contribution in [0.15, 0.2) is 0 Å². The summed E-state index contributed by atoms with van der Waals surface area (Å²) in [5.74, 6) is 0.148. The third kappa shape index (κ3) is 3.29. The van der Waals surface area contributed by atoms with Gasteiger partial charge < -0.3 is 10.6 Å². The zero-order valence-corrected chi connectivity index (χ0v) is 9.17. The predicted molar refractivity (Wildman–Crippen MR) is 57.9 cm³/mol. The van der Waals surface area contributed by atoms with E-state index in [2.05, 4.69) is 0 Å². The maximum absolute atomic E-state index is 11.8. The van der Waals surface area contributed by atoms with Crippen LogP contribution in [0, 0.1) is 0 Å². The van der Waals surface area contributed by atoms with E-state index < -0.39 is 0 Å². The number of hydrogen-bond donors (Lipinski definition) is 1. The molecule has 1 amide bonds. The van der Waals surface area contributed by atoms with E-state index in [-0.39, 0.29) is 11.9 Å². The molecule has 1 rings (SSSR count). The van der Waals surface area contributed by atoms with E-state index in [0.29, 0.717) is 0 Å². The van der Waals surface area contributed by atoms with Gasteiger partial charge in [0.25, 0.3) is 0 Å². The Hall–Kier alpha value is -0.570. The lowest BCUT2D eigenvalue weighted by molar-refractivity contribution is -0.133.